The van der Waals surface area contributed by atoms with E-state index in [1.54, 1.807) is 19.2 Å². The maximum Gasteiger partial charge on any atom is 0.244 e. The molecular formula is C16H14Cl2N2O3. The maximum atomic E-state index is 11.8. The Labute approximate surface area is 143 Å². The molecule has 23 heavy (non-hydrogen) atoms. The maximum absolute atomic E-state index is 11.8. The Morgan fingerprint density at radius 1 is 1.26 bits per heavy atom. The van der Waals surface area contributed by atoms with Crippen molar-refractivity contribution in [1.82, 2.24) is 5.43 Å². The Hall–Kier alpha value is -2.24. The number of halogens is 2. The van der Waals surface area contributed by atoms with Crippen molar-refractivity contribution in [3.63, 3.8) is 0 Å². The first-order valence-corrected chi connectivity index (χ1v) is 7.38. The van der Waals surface area contributed by atoms with Crippen LogP contribution in [-0.2, 0) is 11.2 Å². The van der Waals surface area contributed by atoms with Gasteiger partial charge < -0.3 is 9.84 Å². The van der Waals surface area contributed by atoms with Crippen molar-refractivity contribution >= 4 is 35.3 Å². The smallest absolute Gasteiger partial charge is 0.244 e. The molecule has 0 saturated heterocycles. The second-order valence-corrected chi connectivity index (χ2v) is 5.47. The van der Waals surface area contributed by atoms with E-state index < -0.39 is 0 Å². The summed E-state index contributed by atoms with van der Waals surface area (Å²) in [5.74, 6) is 0.282. The third-order valence-corrected chi connectivity index (χ3v) is 3.54. The van der Waals surface area contributed by atoms with Crippen LogP contribution in [0.15, 0.2) is 41.5 Å². The number of benzene rings is 2. The second-order valence-electron chi connectivity index (χ2n) is 4.65. The van der Waals surface area contributed by atoms with Crippen LogP contribution in [-0.4, -0.2) is 24.3 Å². The van der Waals surface area contributed by atoms with Gasteiger partial charge in [0.1, 0.15) is 5.75 Å². The zero-order chi connectivity index (χ0) is 16.8. The predicted molar refractivity (Wildman–Crippen MR) is 90.6 cm³/mol. The number of ether oxygens (including phenoxy) is 1. The van der Waals surface area contributed by atoms with Crippen LogP contribution in [0.5, 0.6) is 11.5 Å². The van der Waals surface area contributed by atoms with Gasteiger partial charge in [0.2, 0.25) is 5.91 Å². The minimum absolute atomic E-state index is 0.114. The summed E-state index contributed by atoms with van der Waals surface area (Å²) in [6.45, 7) is 0. The Morgan fingerprint density at radius 3 is 2.43 bits per heavy atom. The van der Waals surface area contributed by atoms with Crippen LogP contribution in [0, 0.1) is 0 Å². The van der Waals surface area contributed by atoms with E-state index in [2.05, 4.69) is 10.5 Å². The molecule has 1 amide bonds. The van der Waals surface area contributed by atoms with E-state index in [1.165, 1.54) is 18.3 Å². The molecule has 0 aliphatic heterocycles. The average Bonchev–Trinajstić information content (AvgIpc) is 2.53. The van der Waals surface area contributed by atoms with E-state index in [4.69, 9.17) is 27.9 Å². The fourth-order valence-electron chi connectivity index (χ4n) is 1.81. The van der Waals surface area contributed by atoms with E-state index >= 15 is 0 Å². The van der Waals surface area contributed by atoms with Crippen molar-refractivity contribution < 1.29 is 14.6 Å². The molecule has 0 radical (unpaired) electrons. The molecule has 0 bridgehead atoms. The molecule has 0 unspecified atom stereocenters. The normalized spacial score (nSPS) is 10.7. The van der Waals surface area contributed by atoms with Crippen molar-refractivity contribution in [3.05, 3.63) is 57.6 Å². The van der Waals surface area contributed by atoms with Crippen molar-refractivity contribution in [2.24, 2.45) is 5.10 Å². The number of aromatic hydroxyl groups is 1. The summed E-state index contributed by atoms with van der Waals surface area (Å²) in [6.07, 6.45) is 1.58. The van der Waals surface area contributed by atoms with Crippen molar-refractivity contribution in [2.45, 2.75) is 6.42 Å². The fourth-order valence-corrected chi connectivity index (χ4v) is 2.31. The van der Waals surface area contributed by atoms with Crippen molar-refractivity contribution in [3.8, 4) is 11.5 Å². The second kappa shape index (κ2) is 7.85. The van der Waals surface area contributed by atoms with Gasteiger partial charge in [-0.1, -0.05) is 35.3 Å². The number of amides is 1. The number of phenols is 1. The Kier molecular flexibility index (Phi) is 5.84. The van der Waals surface area contributed by atoms with Gasteiger partial charge in [0.05, 0.1) is 29.8 Å². The molecule has 0 aromatic heterocycles. The number of rotatable bonds is 5. The third kappa shape index (κ3) is 4.87. The molecule has 0 spiro atoms. The van der Waals surface area contributed by atoms with Gasteiger partial charge in [0, 0.05) is 0 Å². The molecule has 0 aliphatic carbocycles. The number of carbonyl (C=O) groups is 1. The summed E-state index contributed by atoms with van der Waals surface area (Å²) in [4.78, 5) is 11.8. The number of nitrogens with one attached hydrogen (secondary N) is 1. The lowest BCUT2D eigenvalue weighted by Gasteiger charge is -2.03. The predicted octanol–water partition coefficient (Wildman–Crippen LogP) is 3.40. The van der Waals surface area contributed by atoms with E-state index in [1.807, 2.05) is 12.1 Å². The SMILES string of the molecule is COc1ccc(CC(=O)N/N=C\c2cc(Cl)c(O)c(Cl)c2)cc1. The Balaban J connectivity index is 1.93. The highest BCUT2D eigenvalue weighted by molar-refractivity contribution is 6.37. The van der Waals surface area contributed by atoms with Crippen LogP contribution in [0.3, 0.4) is 0 Å². The molecule has 7 heteroatoms. The van der Waals surface area contributed by atoms with Crippen molar-refractivity contribution in [1.29, 1.82) is 0 Å². The van der Waals surface area contributed by atoms with Crippen LogP contribution < -0.4 is 10.2 Å². The van der Waals surface area contributed by atoms with E-state index in [9.17, 15) is 9.90 Å². The molecule has 0 saturated carbocycles. The lowest BCUT2D eigenvalue weighted by atomic mass is 10.1. The number of hydrazone groups is 1. The van der Waals surface area contributed by atoms with Crippen molar-refractivity contribution in [2.75, 3.05) is 7.11 Å². The van der Waals surface area contributed by atoms with E-state index in [-0.39, 0.29) is 28.1 Å². The first-order chi connectivity index (χ1) is 11.0. The van der Waals surface area contributed by atoms with Gasteiger partial charge in [0.25, 0.3) is 0 Å². The molecule has 0 heterocycles. The van der Waals surface area contributed by atoms with Gasteiger partial charge in [-0.25, -0.2) is 5.43 Å². The van der Waals surface area contributed by atoms with Gasteiger partial charge in [-0.15, -0.1) is 0 Å². The third-order valence-electron chi connectivity index (χ3n) is 2.97. The molecule has 2 aromatic rings. The van der Waals surface area contributed by atoms with Gasteiger partial charge in [-0.2, -0.15) is 5.10 Å². The fraction of sp³-hybridized carbons (Fsp3) is 0.125. The number of methoxy groups -OCH3 is 1. The topological polar surface area (TPSA) is 70.9 Å². The van der Waals surface area contributed by atoms with Gasteiger partial charge >= 0.3 is 0 Å². The quantitative estimate of drug-likeness (QED) is 0.639. The van der Waals surface area contributed by atoms with Crippen LogP contribution >= 0.6 is 23.2 Å². The average molecular weight is 353 g/mol. The van der Waals surface area contributed by atoms with Crippen LogP contribution in [0.2, 0.25) is 10.0 Å². The molecule has 2 N–H and O–H groups in total. The molecule has 0 atom stereocenters. The molecule has 0 fully saturated rings. The van der Waals surface area contributed by atoms with Gasteiger partial charge in [0.15, 0.2) is 5.75 Å². The standard InChI is InChI=1S/C16H14Cl2N2O3/c1-23-12-4-2-10(3-5-12)8-15(21)20-19-9-11-6-13(17)16(22)14(18)7-11/h2-7,9,22H,8H2,1H3,(H,20,21)/b19-9-. The van der Waals surface area contributed by atoms with Crippen LogP contribution in [0.1, 0.15) is 11.1 Å². The lowest BCUT2D eigenvalue weighted by molar-refractivity contribution is -0.120. The molecule has 2 rings (SSSR count). The molecule has 0 aliphatic rings. The van der Waals surface area contributed by atoms with Gasteiger partial charge in [-0.05, 0) is 35.4 Å². The van der Waals surface area contributed by atoms with E-state index in [0.717, 1.165) is 11.3 Å². The zero-order valence-corrected chi connectivity index (χ0v) is 13.7. The molecule has 120 valence electrons. The van der Waals surface area contributed by atoms with E-state index in [0.29, 0.717) is 5.56 Å². The first-order valence-electron chi connectivity index (χ1n) is 6.62. The summed E-state index contributed by atoms with van der Waals surface area (Å²) < 4.78 is 5.05. The molecule has 5 nitrogen and oxygen atoms in total. The summed E-state index contributed by atoms with van der Waals surface area (Å²) >= 11 is 11.6. The number of carbonyl (C=O) groups excluding carboxylic acids is 1. The molecule has 2 aromatic carbocycles. The number of hydrogen-bond acceptors (Lipinski definition) is 4. The Morgan fingerprint density at radius 2 is 1.87 bits per heavy atom. The van der Waals surface area contributed by atoms with Crippen LogP contribution in [0.4, 0.5) is 0 Å². The lowest BCUT2D eigenvalue weighted by Crippen LogP contribution is -2.19. The summed E-state index contributed by atoms with van der Waals surface area (Å²) in [6, 6.07) is 10.2. The highest BCUT2D eigenvalue weighted by Gasteiger charge is 2.06. The Bertz CT molecular complexity index is 708. The minimum atomic E-state index is -0.262. The minimum Gasteiger partial charge on any atom is -0.505 e. The number of phenolic OH excluding ortho intramolecular Hbond substituents is 1. The summed E-state index contributed by atoms with van der Waals surface area (Å²) in [7, 11) is 1.58. The first kappa shape index (κ1) is 17.1. The summed E-state index contributed by atoms with van der Waals surface area (Å²) in [5, 5.41) is 13.5. The monoisotopic (exact) mass is 352 g/mol. The van der Waals surface area contributed by atoms with Gasteiger partial charge in [-0.3, -0.25) is 4.79 Å². The molecular weight excluding hydrogens is 339 g/mol. The van der Waals surface area contributed by atoms with Crippen LogP contribution in [0.25, 0.3) is 0 Å². The summed E-state index contributed by atoms with van der Waals surface area (Å²) in [5.41, 5.74) is 3.81. The zero-order valence-electron chi connectivity index (χ0n) is 12.2. The number of nitrogens with zero attached hydrogens (tertiary/aromatic N) is 1. The highest BCUT2D eigenvalue weighted by atomic mass is 35.5. The highest BCUT2D eigenvalue weighted by Crippen LogP contribution is 2.32. The number of hydrogen-bond donors (Lipinski definition) is 2. The largest absolute Gasteiger partial charge is 0.505 e.